The first-order valence-electron chi connectivity index (χ1n) is 40.3. The summed E-state index contributed by atoms with van der Waals surface area (Å²) in [6.07, 6.45) is 1.19. The summed E-state index contributed by atoms with van der Waals surface area (Å²) in [5.41, 5.74) is 9.37. The Bertz CT molecular complexity index is 6020. The van der Waals surface area contributed by atoms with Crippen LogP contribution in [-0.4, -0.2) is 168 Å². The van der Waals surface area contributed by atoms with Gasteiger partial charge in [-0.25, -0.2) is 73.6 Å². The van der Waals surface area contributed by atoms with Crippen LogP contribution >= 0.6 is 12.2 Å². The van der Waals surface area contributed by atoms with Gasteiger partial charge in [-0.15, -0.1) is 0 Å². The minimum atomic E-state index is -3.69. The number of carbonyl (C=O) groups is 2. The Morgan fingerprint density at radius 3 is 1.23 bits per heavy atom. The lowest BCUT2D eigenvalue weighted by Gasteiger charge is -2.33. The first kappa shape index (κ1) is 126. The lowest BCUT2D eigenvalue weighted by Crippen LogP contribution is -2.50. The van der Waals surface area contributed by atoms with Gasteiger partial charge in [0.05, 0.1) is 120 Å². The van der Waals surface area contributed by atoms with Crippen LogP contribution in [0.4, 0.5) is 50.4 Å². The maximum absolute atomic E-state index is 14.4. The molecule has 8 N–H and O–H groups in total. The molecule has 0 saturated heterocycles. The molecule has 0 fully saturated rings. The molecule has 0 aliphatic rings. The van der Waals surface area contributed by atoms with Gasteiger partial charge in [0.25, 0.3) is 34.3 Å². The zero-order valence-electron chi connectivity index (χ0n) is 79.8. The predicted molar refractivity (Wildman–Crippen MR) is 527 cm³/mol. The molecule has 754 valence electrons. The molecule has 0 radical (unpaired) electrons. The van der Waals surface area contributed by atoms with Gasteiger partial charge in [0, 0.05) is 127 Å². The molecular formula is C88H117F5N14O23S7. The number of halogens is 5. The molecule has 1 amide bonds. The predicted octanol–water partition coefficient (Wildman–Crippen LogP) is 16.0. The number of nitrogens with zero attached hydrogens (tertiary/aromatic N) is 9. The Kier molecular flexibility index (Phi) is 51.7. The van der Waals surface area contributed by atoms with Gasteiger partial charge in [-0.1, -0.05) is 70.2 Å². The second-order valence-corrected chi connectivity index (χ2v) is 46.0. The number of nitro groups is 5. The number of methoxy groups -OCH3 is 2. The highest BCUT2D eigenvalue weighted by molar-refractivity contribution is 7.91. The zero-order valence-corrected chi connectivity index (χ0v) is 85.5. The molecule has 0 saturated carbocycles. The molecule has 37 nitrogen and oxygen atoms in total. The molecule has 5 atom stereocenters. The smallest absolute Gasteiger partial charge is 0.285 e. The second-order valence-electron chi connectivity index (χ2n) is 33.7. The van der Waals surface area contributed by atoms with Gasteiger partial charge >= 0.3 is 0 Å². The fourth-order valence-electron chi connectivity index (χ4n) is 9.73. The monoisotopic (exact) mass is 2060 g/mol. The van der Waals surface area contributed by atoms with E-state index >= 15 is 0 Å². The topological polar surface area (TPSA) is 564 Å². The highest BCUT2D eigenvalue weighted by atomic mass is 32.2. The van der Waals surface area contributed by atoms with E-state index in [0.717, 1.165) is 114 Å². The molecule has 8 aromatic carbocycles. The Morgan fingerprint density at radius 2 is 0.898 bits per heavy atom. The molecule has 8 aromatic rings. The number of amides is 1. The van der Waals surface area contributed by atoms with Crippen LogP contribution in [-0.2, 0) is 87.0 Å². The quantitative estimate of drug-likeness (QED) is 0.00797. The number of sulfone groups is 1. The van der Waals surface area contributed by atoms with Crippen LogP contribution in [0.15, 0.2) is 184 Å². The van der Waals surface area contributed by atoms with E-state index < -0.39 is 154 Å². The van der Waals surface area contributed by atoms with Crippen LogP contribution < -0.4 is 35.5 Å². The van der Waals surface area contributed by atoms with Crippen LogP contribution in [0, 0.1) is 85.1 Å². The van der Waals surface area contributed by atoms with Crippen LogP contribution in [0.3, 0.4) is 0 Å². The number of Topliss-reactive ketones (excluding diaryl/α,β-unsaturated/α-hetero) is 1. The first-order valence-corrected chi connectivity index (χ1v) is 49.5. The molecule has 0 unspecified atom stereocenters. The fraction of sp³-hybridized carbons (Fsp3) is 0.398. The highest BCUT2D eigenvalue weighted by Gasteiger charge is 2.40. The van der Waals surface area contributed by atoms with Crippen molar-refractivity contribution in [3.05, 3.63) is 294 Å². The van der Waals surface area contributed by atoms with Crippen molar-refractivity contribution in [3.63, 3.8) is 0 Å². The van der Waals surface area contributed by atoms with E-state index in [-0.39, 0.29) is 83.8 Å². The van der Waals surface area contributed by atoms with E-state index in [1.54, 1.807) is 94.0 Å². The number of ether oxygens (including phenoxy) is 2. The number of non-ortho nitro benzene ring substituents is 5. The summed E-state index contributed by atoms with van der Waals surface area (Å²) in [7, 11) is -8.84. The summed E-state index contributed by atoms with van der Waals surface area (Å²) in [4.78, 5) is 79.3. The van der Waals surface area contributed by atoms with Crippen molar-refractivity contribution in [1.82, 2.24) is 13.7 Å². The first-order chi connectivity index (χ1) is 62.7. The number of carbonyl (C=O) groups excluding carboxylic acids is 2. The van der Waals surface area contributed by atoms with E-state index in [4.69, 9.17) is 26.1 Å². The minimum Gasteiger partial charge on any atom is -0.497 e. The third kappa shape index (κ3) is 47.0. The van der Waals surface area contributed by atoms with Crippen LogP contribution in [0.1, 0.15) is 179 Å². The van der Waals surface area contributed by atoms with Crippen molar-refractivity contribution < 1.29 is 104 Å². The van der Waals surface area contributed by atoms with Crippen LogP contribution in [0.2, 0.25) is 0 Å². The maximum Gasteiger partial charge on any atom is 0.285 e. The zero-order chi connectivity index (χ0) is 106. The van der Waals surface area contributed by atoms with E-state index in [1.807, 2.05) is 101 Å². The number of hydrogen-bond donors (Lipinski definition) is 5. The average molecular weight is 2060 g/mol. The molecule has 0 aliphatic carbocycles. The Balaban J connectivity index is 0.00000155. The highest BCUT2D eigenvalue weighted by Crippen LogP contribution is 2.33. The number of hydrogen-bond acceptors (Lipinski definition) is 27. The van der Waals surface area contributed by atoms with Gasteiger partial charge in [0.2, 0.25) is 20.0 Å². The number of isothiocyanates is 1. The Morgan fingerprint density at radius 1 is 0.533 bits per heavy atom. The van der Waals surface area contributed by atoms with E-state index in [1.165, 1.54) is 51.4 Å². The van der Waals surface area contributed by atoms with Crippen LogP contribution in [0.5, 0.6) is 11.5 Å². The number of aliphatic imine (C=N–C) groups is 2. The van der Waals surface area contributed by atoms with Crippen molar-refractivity contribution in [2.45, 2.75) is 163 Å². The lowest BCUT2D eigenvalue weighted by molar-refractivity contribution is -0.385. The molecule has 49 heteroatoms. The largest absolute Gasteiger partial charge is 0.497 e. The van der Waals surface area contributed by atoms with Crippen molar-refractivity contribution in [1.29, 1.82) is 0 Å². The Labute approximate surface area is 807 Å². The summed E-state index contributed by atoms with van der Waals surface area (Å²) in [5.74, 6) is -4.01. The Hall–Kier alpha value is -11.5. The van der Waals surface area contributed by atoms with Crippen molar-refractivity contribution >= 4 is 132 Å². The number of sulfonamides is 2. The number of ketones is 1. The SMILES string of the molecule is CC(=NCC(C)(C)C)c1cc([N+](=O)[O-])ccc1F.CC(=N[S@](=O)C(C)(C)C)c1cc([N+](=O)[O-])ccc1F.CC(=O)c1cc([N+](=O)[O-])ccc1F.CC(C)(C)[S@](N)=O.CCS(=O)(=O)C[C@](C)(N[S@](=O)C(C)(C)C)c1cc([N+](=O)[O-])ccc1F.CNS(=O)(=O)C[C@](C)(N)c1cc([N+](=O)[O-])ccc1F.COc1ccc(CN(C)S(C)(=O)=O)cc1.COc1ccc(CN)cc1.O=C(N=C=S)c1ccccc1. The summed E-state index contributed by atoms with van der Waals surface area (Å²) >= 11 is 4.29. The lowest BCUT2D eigenvalue weighted by atomic mass is 9.94. The molecule has 0 aliphatic heterocycles. The van der Waals surface area contributed by atoms with Crippen molar-refractivity contribution in [2.24, 2.45) is 36.4 Å². The molecule has 0 aromatic heterocycles. The third-order valence-electron chi connectivity index (χ3n) is 17.6. The van der Waals surface area contributed by atoms with Gasteiger partial charge in [-0.3, -0.25) is 70.3 Å². The number of nitrogens with one attached hydrogen (secondary N) is 2. The number of nitro benzene ring substituents is 5. The molecule has 0 heterocycles. The average Bonchev–Trinajstić information content (AvgIpc) is 0.774. The number of thiocarbonyl (C=S) groups is 1. The van der Waals surface area contributed by atoms with Crippen molar-refractivity contribution in [3.8, 4) is 11.5 Å². The van der Waals surface area contributed by atoms with Gasteiger partial charge in [0.1, 0.15) is 51.6 Å². The number of nitrogens with two attached hydrogens (primary N) is 3. The normalized spacial score (nSPS) is 13.1. The summed E-state index contributed by atoms with van der Waals surface area (Å²) in [6, 6.07) is 39.0. The fourth-order valence-corrected chi connectivity index (χ4v) is 14.2. The second kappa shape index (κ2) is 56.4. The van der Waals surface area contributed by atoms with Gasteiger partial charge < -0.3 is 20.9 Å². The molecule has 0 bridgehead atoms. The minimum absolute atomic E-state index is 0.00154. The van der Waals surface area contributed by atoms with E-state index in [0.29, 0.717) is 30.9 Å². The summed E-state index contributed by atoms with van der Waals surface area (Å²) < 4.78 is 191. The van der Waals surface area contributed by atoms with Crippen LogP contribution in [0.25, 0.3) is 0 Å². The molecule has 8 rings (SSSR count). The van der Waals surface area contributed by atoms with E-state index in [9.17, 15) is 120 Å². The van der Waals surface area contributed by atoms with Gasteiger partial charge in [0.15, 0.2) is 15.6 Å². The van der Waals surface area contributed by atoms with Gasteiger partial charge in [-0.2, -0.15) is 9.39 Å². The van der Waals surface area contributed by atoms with E-state index in [2.05, 4.69) is 36.0 Å². The molecule has 0 spiro atoms. The van der Waals surface area contributed by atoms with Gasteiger partial charge in [-0.05, 0) is 199 Å². The molecule has 137 heavy (non-hydrogen) atoms. The standard InChI is InChI=1S/C15H23FN2O5S2.C13H17FN2O2.C12H15FN2O3S.C10H14FN3O4S.C10H15NO3S.C8H6FNO3.C8H5NOS.C8H11NO.C4H11NOS/c1-6-25(22,23)10-15(5,17-24(21)14(2,3)4)12-9-11(18(19)20)7-8-13(12)16;1-9(15-8-13(2,3)4)11-7-10(16(17)18)5-6-12(11)14;1-8(14-19(18)12(2,3)4)10-7-9(15(16)17)5-6-11(10)13;1-10(12,6-19(17,18)13-2)8-5-7(14(15)16)3-4-9(8)11;1-11(15(3,12)13)8-9-4-6-10(14-2)7-5-9;1-5(11)7-4-6(10(12)13)2-3-8(7)9;10-8(9-6-11)7-4-2-1-3-5-7;1-10-8-4-2-7(6-9)3-5-8;1-4(2,3)7(5)6/h7-9,17H,6,10H2,1-5H3;5-7H,8H2,1-4H3;5-7H,1-4H3;3-5,13H,6,12H2,1-2H3;4-7H,8H2,1-3H3;2-4H,1H3;1-5H;2-5H,6,9H2,1H3;5H2,1-3H3/t15-,24+;;19-;10-;;;;;7-/m0.10....1/s1. The number of benzene rings is 8. The summed E-state index contributed by atoms with van der Waals surface area (Å²) in [5, 5.41) is 60.3. The third-order valence-corrected chi connectivity index (χ3v) is 26.9. The van der Waals surface area contributed by atoms with Crippen molar-refractivity contribution in [2.75, 3.05) is 58.4 Å². The number of rotatable bonds is 27. The molecular weight excluding hydrogens is 1940 g/mol. The summed E-state index contributed by atoms with van der Waals surface area (Å²) in [6.45, 7) is 31.7. The maximum atomic E-state index is 14.4.